The molecule has 3 nitrogen and oxygen atoms in total. The maximum atomic E-state index is 10.7. The van der Waals surface area contributed by atoms with E-state index >= 15 is 0 Å². The molecular formula is C13H19NO2. The summed E-state index contributed by atoms with van der Waals surface area (Å²) in [7, 11) is 1.65. The molecule has 2 atom stereocenters. The molecule has 88 valence electrons. The Kier molecular flexibility index (Phi) is 3.17. The molecule has 1 heterocycles. The molecule has 0 aliphatic carbocycles. The van der Waals surface area contributed by atoms with E-state index in [0.29, 0.717) is 0 Å². The molecule has 1 aromatic carbocycles. The number of benzene rings is 1. The van der Waals surface area contributed by atoms with Gasteiger partial charge in [0.15, 0.2) is 0 Å². The summed E-state index contributed by atoms with van der Waals surface area (Å²) in [6.45, 7) is 3.81. The topological polar surface area (TPSA) is 41.5 Å². The van der Waals surface area contributed by atoms with Gasteiger partial charge in [0.05, 0.1) is 12.7 Å². The lowest BCUT2D eigenvalue weighted by molar-refractivity contribution is -0.0392. The Morgan fingerprint density at radius 1 is 1.38 bits per heavy atom. The normalized spacial score (nSPS) is 30.1. The smallest absolute Gasteiger partial charge is 0.118 e. The van der Waals surface area contributed by atoms with Crippen LogP contribution >= 0.6 is 0 Å². The highest BCUT2D eigenvalue weighted by molar-refractivity contribution is 5.31. The minimum Gasteiger partial charge on any atom is -0.497 e. The highest BCUT2D eigenvalue weighted by Crippen LogP contribution is 2.35. The molecular weight excluding hydrogens is 202 g/mol. The molecule has 0 spiro atoms. The van der Waals surface area contributed by atoms with Crippen molar-refractivity contribution in [1.82, 2.24) is 5.32 Å². The molecule has 3 heteroatoms. The largest absolute Gasteiger partial charge is 0.497 e. The van der Waals surface area contributed by atoms with Gasteiger partial charge in [-0.3, -0.25) is 0 Å². The lowest BCUT2D eigenvalue weighted by Crippen LogP contribution is -2.46. The molecule has 1 aromatic rings. The fraction of sp³-hybridized carbons (Fsp3) is 0.538. The number of hydrogen-bond acceptors (Lipinski definition) is 3. The predicted octanol–water partition coefficient (Wildman–Crippen LogP) is 1.51. The quantitative estimate of drug-likeness (QED) is 0.795. The minimum atomic E-state index is -0.697. The molecule has 0 bridgehead atoms. The van der Waals surface area contributed by atoms with Gasteiger partial charge in [0, 0.05) is 12.5 Å². The van der Waals surface area contributed by atoms with Gasteiger partial charge in [0.25, 0.3) is 0 Å². The number of piperidine rings is 1. The minimum absolute atomic E-state index is 0.231. The Labute approximate surface area is 96.4 Å². The van der Waals surface area contributed by atoms with Crippen molar-refractivity contribution in [2.24, 2.45) is 5.92 Å². The number of methoxy groups -OCH3 is 1. The molecule has 1 aliphatic rings. The Balaban J connectivity index is 2.26. The average molecular weight is 221 g/mol. The van der Waals surface area contributed by atoms with Gasteiger partial charge in [-0.1, -0.05) is 19.1 Å². The Morgan fingerprint density at radius 2 is 2.06 bits per heavy atom. The van der Waals surface area contributed by atoms with Crippen molar-refractivity contribution >= 4 is 0 Å². The van der Waals surface area contributed by atoms with Crippen molar-refractivity contribution in [2.45, 2.75) is 18.9 Å². The Morgan fingerprint density at radius 3 is 2.62 bits per heavy atom. The Bertz CT molecular complexity index is 349. The summed E-state index contributed by atoms with van der Waals surface area (Å²) in [5.41, 5.74) is 0.291. The SMILES string of the molecule is COc1ccc(C2(O)CCNCC2C)cc1. The van der Waals surface area contributed by atoms with E-state index in [1.165, 1.54) is 0 Å². The summed E-state index contributed by atoms with van der Waals surface area (Å²) in [5.74, 6) is 1.06. The molecule has 1 aliphatic heterocycles. The van der Waals surface area contributed by atoms with E-state index in [-0.39, 0.29) is 5.92 Å². The van der Waals surface area contributed by atoms with Crippen LogP contribution in [0.4, 0.5) is 0 Å². The van der Waals surface area contributed by atoms with E-state index in [2.05, 4.69) is 12.2 Å². The third-order valence-electron chi connectivity index (χ3n) is 3.54. The van der Waals surface area contributed by atoms with Crippen LogP contribution in [-0.4, -0.2) is 25.3 Å². The molecule has 2 rings (SSSR count). The first-order valence-corrected chi connectivity index (χ1v) is 5.74. The fourth-order valence-corrected chi connectivity index (χ4v) is 2.32. The number of rotatable bonds is 2. The number of hydrogen-bond donors (Lipinski definition) is 2. The van der Waals surface area contributed by atoms with Gasteiger partial charge in [-0.15, -0.1) is 0 Å². The van der Waals surface area contributed by atoms with Crippen LogP contribution in [0.3, 0.4) is 0 Å². The van der Waals surface area contributed by atoms with Crippen LogP contribution in [0.5, 0.6) is 5.75 Å². The summed E-state index contributed by atoms with van der Waals surface area (Å²) in [6.07, 6.45) is 0.764. The van der Waals surface area contributed by atoms with Gasteiger partial charge < -0.3 is 15.2 Å². The second-order valence-corrected chi connectivity index (χ2v) is 4.51. The zero-order valence-corrected chi connectivity index (χ0v) is 9.86. The maximum absolute atomic E-state index is 10.7. The zero-order chi connectivity index (χ0) is 11.6. The van der Waals surface area contributed by atoms with Crippen molar-refractivity contribution in [2.75, 3.05) is 20.2 Å². The van der Waals surface area contributed by atoms with Crippen molar-refractivity contribution in [1.29, 1.82) is 0 Å². The lowest BCUT2D eigenvalue weighted by atomic mass is 9.77. The highest BCUT2D eigenvalue weighted by atomic mass is 16.5. The second kappa shape index (κ2) is 4.44. The van der Waals surface area contributed by atoms with Crippen molar-refractivity contribution in [3.05, 3.63) is 29.8 Å². The summed E-state index contributed by atoms with van der Waals surface area (Å²) < 4.78 is 5.12. The standard InChI is InChI=1S/C13H19NO2/c1-10-9-14-8-7-13(10,15)11-3-5-12(16-2)6-4-11/h3-6,10,14-15H,7-9H2,1-2H3. The van der Waals surface area contributed by atoms with Crippen LogP contribution < -0.4 is 10.1 Å². The Hall–Kier alpha value is -1.06. The molecule has 0 amide bonds. The third kappa shape index (κ3) is 1.93. The summed E-state index contributed by atoms with van der Waals surface area (Å²) in [6, 6.07) is 7.73. The van der Waals surface area contributed by atoms with Gasteiger partial charge in [0.2, 0.25) is 0 Å². The van der Waals surface area contributed by atoms with Gasteiger partial charge in [-0.2, -0.15) is 0 Å². The molecule has 2 unspecified atom stereocenters. The van der Waals surface area contributed by atoms with Crippen molar-refractivity contribution in [3.8, 4) is 5.75 Å². The molecule has 2 N–H and O–H groups in total. The molecule has 0 aromatic heterocycles. The highest BCUT2D eigenvalue weighted by Gasteiger charge is 2.37. The van der Waals surface area contributed by atoms with E-state index < -0.39 is 5.60 Å². The van der Waals surface area contributed by atoms with Crippen LogP contribution in [-0.2, 0) is 5.60 Å². The lowest BCUT2D eigenvalue weighted by Gasteiger charge is -2.39. The fourth-order valence-electron chi connectivity index (χ4n) is 2.32. The summed E-state index contributed by atoms with van der Waals surface area (Å²) in [5, 5.41) is 14.0. The van der Waals surface area contributed by atoms with Gasteiger partial charge in [-0.25, -0.2) is 0 Å². The molecule has 16 heavy (non-hydrogen) atoms. The van der Waals surface area contributed by atoms with Crippen LogP contribution in [0.2, 0.25) is 0 Å². The molecule has 1 saturated heterocycles. The first-order valence-electron chi connectivity index (χ1n) is 5.74. The van der Waals surface area contributed by atoms with Crippen LogP contribution in [0, 0.1) is 5.92 Å². The van der Waals surface area contributed by atoms with E-state index in [1.54, 1.807) is 7.11 Å². The molecule has 1 fully saturated rings. The average Bonchev–Trinajstić information content (AvgIpc) is 2.33. The first kappa shape index (κ1) is 11.4. The van der Waals surface area contributed by atoms with E-state index in [0.717, 1.165) is 30.8 Å². The van der Waals surface area contributed by atoms with Gasteiger partial charge >= 0.3 is 0 Å². The third-order valence-corrected chi connectivity index (χ3v) is 3.54. The second-order valence-electron chi connectivity index (χ2n) is 4.51. The van der Waals surface area contributed by atoms with Crippen LogP contribution in [0.15, 0.2) is 24.3 Å². The van der Waals surface area contributed by atoms with Gasteiger partial charge in [-0.05, 0) is 30.7 Å². The first-order chi connectivity index (χ1) is 7.66. The van der Waals surface area contributed by atoms with Crippen molar-refractivity contribution < 1.29 is 9.84 Å². The maximum Gasteiger partial charge on any atom is 0.118 e. The summed E-state index contributed by atoms with van der Waals surface area (Å²) >= 11 is 0. The number of aliphatic hydroxyl groups is 1. The molecule has 0 radical (unpaired) electrons. The van der Waals surface area contributed by atoms with E-state index in [1.807, 2.05) is 24.3 Å². The van der Waals surface area contributed by atoms with Crippen LogP contribution in [0.25, 0.3) is 0 Å². The zero-order valence-electron chi connectivity index (χ0n) is 9.86. The van der Waals surface area contributed by atoms with E-state index in [9.17, 15) is 5.11 Å². The monoisotopic (exact) mass is 221 g/mol. The van der Waals surface area contributed by atoms with Crippen LogP contribution in [0.1, 0.15) is 18.9 Å². The number of nitrogens with one attached hydrogen (secondary N) is 1. The van der Waals surface area contributed by atoms with Crippen molar-refractivity contribution in [3.63, 3.8) is 0 Å². The summed E-state index contributed by atoms with van der Waals surface area (Å²) in [4.78, 5) is 0. The number of ether oxygens (including phenoxy) is 1. The van der Waals surface area contributed by atoms with Gasteiger partial charge in [0.1, 0.15) is 5.75 Å². The predicted molar refractivity (Wildman–Crippen MR) is 63.5 cm³/mol. The molecule has 0 saturated carbocycles. The van der Waals surface area contributed by atoms with E-state index in [4.69, 9.17) is 4.74 Å².